The van der Waals surface area contributed by atoms with Gasteiger partial charge >= 0.3 is 0 Å². The van der Waals surface area contributed by atoms with Crippen molar-refractivity contribution in [1.29, 1.82) is 5.26 Å². The first kappa shape index (κ1) is 10.9. The van der Waals surface area contributed by atoms with Crippen LogP contribution in [0, 0.1) is 17.2 Å². The number of nitriles is 1. The molecule has 4 heteroatoms. The minimum Gasteiger partial charge on any atom is -0.371 e. The number of hydrogen-bond acceptors (Lipinski definition) is 3. The fourth-order valence-electron chi connectivity index (χ4n) is 2.10. The third-order valence-electron chi connectivity index (χ3n) is 2.96. The van der Waals surface area contributed by atoms with E-state index in [0.29, 0.717) is 5.69 Å². The van der Waals surface area contributed by atoms with Crippen molar-refractivity contribution in [2.24, 2.45) is 5.92 Å². The molecule has 1 aliphatic rings. The third-order valence-corrected chi connectivity index (χ3v) is 2.96. The van der Waals surface area contributed by atoms with E-state index in [-0.39, 0.29) is 12.6 Å². The minimum atomic E-state index is -0.257. The second-order valence-corrected chi connectivity index (χ2v) is 4.12. The predicted octanol–water partition coefficient (Wildman–Crippen LogP) is 2.14. The zero-order valence-corrected chi connectivity index (χ0v) is 9.06. The van der Waals surface area contributed by atoms with E-state index in [4.69, 9.17) is 5.26 Å². The van der Waals surface area contributed by atoms with Crippen LogP contribution in [0.2, 0.25) is 0 Å². The molecule has 1 fully saturated rings. The van der Waals surface area contributed by atoms with E-state index in [1.165, 1.54) is 0 Å². The quantitative estimate of drug-likeness (QED) is 0.765. The molecular weight excluding hydrogens is 205 g/mol. The molecule has 0 aliphatic carbocycles. The molecule has 2 rings (SSSR count). The summed E-state index contributed by atoms with van der Waals surface area (Å²) in [6.45, 7) is 1.42. The van der Waals surface area contributed by atoms with Crippen LogP contribution >= 0.6 is 0 Å². The number of anilines is 1. The monoisotopic (exact) mass is 219 g/mol. The Balaban J connectivity index is 2.14. The summed E-state index contributed by atoms with van der Waals surface area (Å²) in [5.41, 5.74) is 1.39. The summed E-state index contributed by atoms with van der Waals surface area (Å²) in [5.74, 6) is 0.132. The van der Waals surface area contributed by atoms with Gasteiger partial charge in [-0.3, -0.25) is 4.39 Å². The fraction of sp³-hybridized carbons (Fsp3) is 0.500. The van der Waals surface area contributed by atoms with E-state index >= 15 is 0 Å². The average molecular weight is 219 g/mol. The minimum absolute atomic E-state index is 0.132. The highest BCUT2D eigenvalue weighted by Crippen LogP contribution is 2.23. The molecule has 0 spiro atoms. The highest BCUT2D eigenvalue weighted by atomic mass is 19.1. The second kappa shape index (κ2) is 4.93. The topological polar surface area (TPSA) is 39.9 Å². The zero-order valence-electron chi connectivity index (χ0n) is 9.06. The van der Waals surface area contributed by atoms with Crippen LogP contribution in [-0.4, -0.2) is 24.7 Å². The van der Waals surface area contributed by atoms with Crippen molar-refractivity contribution in [3.8, 4) is 6.07 Å². The van der Waals surface area contributed by atoms with E-state index in [9.17, 15) is 4.39 Å². The van der Waals surface area contributed by atoms with Crippen molar-refractivity contribution >= 4 is 5.69 Å². The van der Waals surface area contributed by atoms with Crippen LogP contribution in [0.15, 0.2) is 18.3 Å². The number of nitrogens with zero attached hydrogens (tertiary/aromatic N) is 3. The molecule has 0 amide bonds. The van der Waals surface area contributed by atoms with E-state index in [0.717, 1.165) is 31.6 Å². The van der Waals surface area contributed by atoms with Gasteiger partial charge in [0.1, 0.15) is 11.8 Å². The summed E-state index contributed by atoms with van der Waals surface area (Å²) in [7, 11) is 0. The van der Waals surface area contributed by atoms with Crippen LogP contribution in [0.3, 0.4) is 0 Å². The Morgan fingerprint density at radius 3 is 3.25 bits per heavy atom. The summed E-state index contributed by atoms with van der Waals surface area (Å²) in [5, 5.41) is 8.77. The van der Waals surface area contributed by atoms with E-state index in [2.05, 4.69) is 9.88 Å². The molecule has 1 atom stereocenters. The van der Waals surface area contributed by atoms with Gasteiger partial charge in [0.25, 0.3) is 0 Å². The number of hydrogen-bond donors (Lipinski definition) is 0. The summed E-state index contributed by atoms with van der Waals surface area (Å²) >= 11 is 0. The number of pyridine rings is 1. The molecular formula is C12H14FN3. The van der Waals surface area contributed by atoms with Gasteiger partial charge in [0, 0.05) is 30.9 Å². The van der Waals surface area contributed by atoms with Gasteiger partial charge in [-0.1, -0.05) is 0 Å². The first-order chi connectivity index (χ1) is 7.83. The molecule has 1 saturated heterocycles. The van der Waals surface area contributed by atoms with Crippen LogP contribution < -0.4 is 4.90 Å². The van der Waals surface area contributed by atoms with Crippen LogP contribution in [0.4, 0.5) is 10.1 Å². The molecule has 1 aromatic heterocycles. The maximum atomic E-state index is 12.6. The highest BCUT2D eigenvalue weighted by Gasteiger charge is 2.20. The summed E-state index contributed by atoms with van der Waals surface area (Å²) in [4.78, 5) is 6.07. The molecule has 0 saturated carbocycles. The number of piperidine rings is 1. The Labute approximate surface area is 94.5 Å². The van der Waals surface area contributed by atoms with Gasteiger partial charge in [-0.15, -0.1) is 0 Å². The van der Waals surface area contributed by atoms with E-state index in [1.54, 1.807) is 12.3 Å². The number of rotatable bonds is 2. The Bertz CT molecular complexity index is 399. The maximum Gasteiger partial charge on any atom is 0.142 e. The molecule has 3 nitrogen and oxygen atoms in total. The van der Waals surface area contributed by atoms with Crippen molar-refractivity contribution in [3.63, 3.8) is 0 Å². The van der Waals surface area contributed by atoms with Crippen LogP contribution in [-0.2, 0) is 0 Å². The molecule has 0 aromatic carbocycles. The molecule has 84 valence electrons. The summed E-state index contributed by atoms with van der Waals surface area (Å²) < 4.78 is 12.6. The van der Waals surface area contributed by atoms with E-state index in [1.807, 2.05) is 12.1 Å². The van der Waals surface area contributed by atoms with Gasteiger partial charge in [0.05, 0.1) is 6.67 Å². The summed E-state index contributed by atoms with van der Waals surface area (Å²) in [6.07, 6.45) is 3.61. The van der Waals surface area contributed by atoms with Crippen molar-refractivity contribution in [1.82, 2.24) is 4.98 Å². The molecule has 1 unspecified atom stereocenters. The van der Waals surface area contributed by atoms with Crippen molar-refractivity contribution in [2.75, 3.05) is 24.7 Å². The average Bonchev–Trinajstić information content (AvgIpc) is 2.39. The predicted molar refractivity (Wildman–Crippen MR) is 59.9 cm³/mol. The highest BCUT2D eigenvalue weighted by molar-refractivity contribution is 5.49. The lowest BCUT2D eigenvalue weighted by molar-refractivity contribution is 0.316. The Morgan fingerprint density at radius 1 is 1.62 bits per heavy atom. The van der Waals surface area contributed by atoms with Crippen molar-refractivity contribution < 1.29 is 4.39 Å². The SMILES string of the molecule is N#Cc1cc(N2CCCC(CF)C2)ccn1. The van der Waals surface area contributed by atoms with Crippen molar-refractivity contribution in [2.45, 2.75) is 12.8 Å². The molecule has 2 heterocycles. The molecule has 1 aliphatic heterocycles. The van der Waals surface area contributed by atoms with Gasteiger partial charge in [-0.2, -0.15) is 5.26 Å². The lowest BCUT2D eigenvalue weighted by Crippen LogP contribution is -2.36. The Kier molecular flexibility index (Phi) is 3.35. The number of aromatic nitrogens is 1. The standard InChI is InChI=1S/C12H14FN3/c13-7-10-2-1-5-16(9-10)12-3-4-15-11(6-12)8-14/h3-4,6,10H,1-2,5,7,9H2. The van der Waals surface area contributed by atoms with Gasteiger partial charge < -0.3 is 4.90 Å². The fourth-order valence-corrected chi connectivity index (χ4v) is 2.10. The van der Waals surface area contributed by atoms with Crippen LogP contribution in [0.25, 0.3) is 0 Å². The van der Waals surface area contributed by atoms with Crippen molar-refractivity contribution in [3.05, 3.63) is 24.0 Å². The summed E-state index contributed by atoms with van der Waals surface area (Å²) in [6, 6.07) is 5.66. The van der Waals surface area contributed by atoms with Gasteiger partial charge in [0.15, 0.2) is 0 Å². The molecule has 1 aromatic rings. The van der Waals surface area contributed by atoms with E-state index < -0.39 is 0 Å². The Hall–Kier alpha value is -1.63. The largest absolute Gasteiger partial charge is 0.371 e. The molecule has 0 radical (unpaired) electrons. The van der Waals surface area contributed by atoms with Crippen LogP contribution in [0.5, 0.6) is 0 Å². The smallest absolute Gasteiger partial charge is 0.142 e. The van der Waals surface area contributed by atoms with Crippen LogP contribution in [0.1, 0.15) is 18.5 Å². The number of halogens is 1. The first-order valence-electron chi connectivity index (χ1n) is 5.50. The van der Waals surface area contributed by atoms with Gasteiger partial charge in [-0.25, -0.2) is 4.98 Å². The molecule has 0 bridgehead atoms. The third kappa shape index (κ3) is 2.30. The molecule has 0 N–H and O–H groups in total. The Morgan fingerprint density at radius 2 is 2.50 bits per heavy atom. The second-order valence-electron chi connectivity index (χ2n) is 4.12. The lowest BCUT2D eigenvalue weighted by atomic mass is 9.99. The van der Waals surface area contributed by atoms with Gasteiger partial charge in [-0.05, 0) is 25.0 Å². The molecule has 16 heavy (non-hydrogen) atoms. The first-order valence-corrected chi connectivity index (χ1v) is 5.50. The maximum absolute atomic E-state index is 12.6. The number of alkyl halides is 1. The zero-order chi connectivity index (χ0) is 11.4. The lowest BCUT2D eigenvalue weighted by Gasteiger charge is -2.33. The normalized spacial score (nSPS) is 20.5. The van der Waals surface area contributed by atoms with Gasteiger partial charge in [0.2, 0.25) is 0 Å².